The summed E-state index contributed by atoms with van der Waals surface area (Å²) >= 11 is 0. The molecule has 0 spiro atoms. The van der Waals surface area contributed by atoms with Gasteiger partial charge in [0.15, 0.2) is 5.78 Å². The molecule has 0 fully saturated rings. The van der Waals surface area contributed by atoms with Gasteiger partial charge in [0.25, 0.3) is 0 Å². The fourth-order valence-corrected chi connectivity index (χ4v) is 1.52. The molecule has 17 heavy (non-hydrogen) atoms. The average Bonchev–Trinajstić information content (AvgIpc) is 2.30. The van der Waals surface area contributed by atoms with Crippen molar-refractivity contribution in [2.75, 3.05) is 26.9 Å². The number of hydrogen-bond acceptors (Lipinski definition) is 3. The summed E-state index contributed by atoms with van der Waals surface area (Å²) in [5.41, 5.74) is 3.52. The molecular weight excluding hydrogens is 216 g/mol. The minimum atomic E-state index is 0.101. The Hall–Kier alpha value is -1.19. The van der Waals surface area contributed by atoms with E-state index in [0.717, 1.165) is 5.56 Å². The van der Waals surface area contributed by atoms with Crippen LogP contribution in [0.15, 0.2) is 18.2 Å². The minimum Gasteiger partial charge on any atom is -0.382 e. The molecule has 94 valence electrons. The van der Waals surface area contributed by atoms with Crippen molar-refractivity contribution in [2.24, 2.45) is 0 Å². The number of aryl methyl sites for hydroxylation is 2. The third-order valence-corrected chi connectivity index (χ3v) is 2.67. The van der Waals surface area contributed by atoms with Gasteiger partial charge in [-0.25, -0.2) is 0 Å². The van der Waals surface area contributed by atoms with Crippen molar-refractivity contribution in [2.45, 2.75) is 20.3 Å². The Morgan fingerprint density at radius 3 is 2.59 bits per heavy atom. The van der Waals surface area contributed by atoms with Gasteiger partial charge in [-0.3, -0.25) is 4.79 Å². The van der Waals surface area contributed by atoms with Gasteiger partial charge >= 0.3 is 0 Å². The van der Waals surface area contributed by atoms with E-state index < -0.39 is 0 Å². The molecule has 3 nitrogen and oxygen atoms in total. The number of carbonyl (C=O) groups excluding carboxylic acids is 1. The van der Waals surface area contributed by atoms with Crippen LogP contribution in [0, 0.1) is 13.8 Å². The zero-order chi connectivity index (χ0) is 12.7. The van der Waals surface area contributed by atoms with Crippen molar-refractivity contribution in [1.29, 1.82) is 0 Å². The van der Waals surface area contributed by atoms with Gasteiger partial charge in [-0.05, 0) is 30.5 Å². The van der Waals surface area contributed by atoms with Crippen LogP contribution in [0.1, 0.15) is 16.7 Å². The van der Waals surface area contributed by atoms with E-state index >= 15 is 0 Å². The Bertz CT molecular complexity index is 372. The van der Waals surface area contributed by atoms with Gasteiger partial charge < -0.3 is 9.47 Å². The highest BCUT2D eigenvalue weighted by Gasteiger charge is 2.04. The van der Waals surface area contributed by atoms with Gasteiger partial charge in [0.2, 0.25) is 0 Å². The molecule has 0 N–H and O–H groups in total. The summed E-state index contributed by atoms with van der Waals surface area (Å²) < 4.78 is 10.0. The molecule has 0 aliphatic rings. The highest BCUT2D eigenvalue weighted by molar-refractivity contribution is 5.82. The van der Waals surface area contributed by atoms with Crippen molar-refractivity contribution in [3.63, 3.8) is 0 Å². The smallest absolute Gasteiger partial charge is 0.162 e. The Morgan fingerprint density at radius 2 is 1.94 bits per heavy atom. The Kier molecular flexibility index (Phi) is 5.87. The van der Waals surface area contributed by atoms with Gasteiger partial charge in [-0.1, -0.05) is 18.2 Å². The van der Waals surface area contributed by atoms with E-state index in [1.807, 2.05) is 12.1 Å². The molecule has 3 heteroatoms. The minimum absolute atomic E-state index is 0.101. The molecule has 0 saturated heterocycles. The lowest BCUT2D eigenvalue weighted by atomic mass is 10.0. The fourth-order valence-electron chi connectivity index (χ4n) is 1.52. The first-order valence-electron chi connectivity index (χ1n) is 5.78. The van der Waals surface area contributed by atoms with E-state index in [9.17, 15) is 4.79 Å². The molecule has 0 bridgehead atoms. The first kappa shape index (κ1) is 13.9. The van der Waals surface area contributed by atoms with Crippen LogP contribution in [0.3, 0.4) is 0 Å². The van der Waals surface area contributed by atoms with E-state index in [4.69, 9.17) is 9.47 Å². The first-order chi connectivity index (χ1) is 8.13. The second-order valence-electron chi connectivity index (χ2n) is 4.18. The molecular formula is C14H20O3. The number of carbonyl (C=O) groups is 1. The maximum Gasteiger partial charge on any atom is 0.162 e. The van der Waals surface area contributed by atoms with Gasteiger partial charge in [0, 0.05) is 13.5 Å². The predicted molar refractivity (Wildman–Crippen MR) is 67.3 cm³/mol. The first-order valence-corrected chi connectivity index (χ1v) is 5.78. The van der Waals surface area contributed by atoms with Crippen LogP contribution in [0.5, 0.6) is 0 Å². The molecule has 0 atom stereocenters. The molecule has 1 aromatic carbocycles. The van der Waals surface area contributed by atoms with Crippen molar-refractivity contribution in [3.05, 3.63) is 34.9 Å². The summed E-state index contributed by atoms with van der Waals surface area (Å²) in [5.74, 6) is 0.101. The molecule has 0 heterocycles. The monoisotopic (exact) mass is 236 g/mol. The Labute approximate surface area is 103 Å². The topological polar surface area (TPSA) is 35.5 Å². The third kappa shape index (κ3) is 5.11. The van der Waals surface area contributed by atoms with E-state index in [0.29, 0.717) is 19.6 Å². The standard InChI is InChI=1S/C14H20O3/c1-11-4-5-13(8-12(11)2)9-14(15)10-17-7-6-16-3/h4-5,8H,6-7,9-10H2,1-3H3. The Balaban J connectivity index is 2.37. The summed E-state index contributed by atoms with van der Waals surface area (Å²) in [6.07, 6.45) is 0.439. The van der Waals surface area contributed by atoms with Gasteiger partial charge in [-0.2, -0.15) is 0 Å². The van der Waals surface area contributed by atoms with Gasteiger partial charge in [-0.15, -0.1) is 0 Å². The number of ketones is 1. The summed E-state index contributed by atoms with van der Waals surface area (Å²) in [5, 5.41) is 0. The highest BCUT2D eigenvalue weighted by Crippen LogP contribution is 2.10. The fraction of sp³-hybridized carbons (Fsp3) is 0.500. The number of methoxy groups -OCH3 is 1. The maximum atomic E-state index is 11.6. The lowest BCUT2D eigenvalue weighted by Crippen LogP contribution is -2.14. The van der Waals surface area contributed by atoms with Crippen molar-refractivity contribution in [1.82, 2.24) is 0 Å². The van der Waals surface area contributed by atoms with Crippen molar-refractivity contribution >= 4 is 5.78 Å². The SMILES string of the molecule is COCCOCC(=O)Cc1ccc(C)c(C)c1. The quantitative estimate of drug-likeness (QED) is 0.680. The number of benzene rings is 1. The zero-order valence-electron chi connectivity index (χ0n) is 10.8. The van der Waals surface area contributed by atoms with E-state index in [2.05, 4.69) is 19.9 Å². The molecule has 1 rings (SSSR count). The molecule has 0 amide bonds. The molecule has 0 aliphatic heterocycles. The Morgan fingerprint density at radius 1 is 1.18 bits per heavy atom. The van der Waals surface area contributed by atoms with Crippen LogP contribution < -0.4 is 0 Å². The summed E-state index contributed by atoms with van der Waals surface area (Å²) in [7, 11) is 1.61. The largest absolute Gasteiger partial charge is 0.382 e. The zero-order valence-corrected chi connectivity index (χ0v) is 10.8. The van der Waals surface area contributed by atoms with Crippen LogP contribution in [0.25, 0.3) is 0 Å². The van der Waals surface area contributed by atoms with Crippen LogP contribution in [0.4, 0.5) is 0 Å². The van der Waals surface area contributed by atoms with Gasteiger partial charge in [0.05, 0.1) is 13.2 Å². The van der Waals surface area contributed by atoms with E-state index in [-0.39, 0.29) is 12.4 Å². The molecule has 0 aliphatic carbocycles. The van der Waals surface area contributed by atoms with Crippen LogP contribution >= 0.6 is 0 Å². The number of Topliss-reactive ketones (excluding diaryl/α,β-unsaturated/α-hetero) is 1. The van der Waals surface area contributed by atoms with E-state index in [1.165, 1.54) is 11.1 Å². The number of ether oxygens (including phenoxy) is 2. The predicted octanol–water partition coefficient (Wildman–Crippen LogP) is 2.08. The summed E-state index contributed by atoms with van der Waals surface area (Å²) in [6.45, 7) is 5.27. The van der Waals surface area contributed by atoms with Crippen molar-refractivity contribution in [3.8, 4) is 0 Å². The van der Waals surface area contributed by atoms with E-state index in [1.54, 1.807) is 7.11 Å². The number of hydrogen-bond donors (Lipinski definition) is 0. The third-order valence-electron chi connectivity index (χ3n) is 2.67. The van der Waals surface area contributed by atoms with Gasteiger partial charge in [0.1, 0.15) is 6.61 Å². The maximum absolute atomic E-state index is 11.6. The lowest BCUT2D eigenvalue weighted by molar-refractivity contribution is -0.123. The van der Waals surface area contributed by atoms with Crippen molar-refractivity contribution < 1.29 is 14.3 Å². The van der Waals surface area contributed by atoms with Crippen LogP contribution in [-0.2, 0) is 20.7 Å². The van der Waals surface area contributed by atoms with Crippen LogP contribution in [-0.4, -0.2) is 32.7 Å². The molecule has 0 unspecified atom stereocenters. The molecule has 0 aromatic heterocycles. The summed E-state index contributed by atoms with van der Waals surface area (Å²) in [6, 6.07) is 6.10. The summed E-state index contributed by atoms with van der Waals surface area (Å²) in [4.78, 5) is 11.6. The molecule has 0 saturated carbocycles. The highest BCUT2D eigenvalue weighted by atomic mass is 16.5. The lowest BCUT2D eigenvalue weighted by Gasteiger charge is -2.05. The average molecular weight is 236 g/mol. The number of rotatable bonds is 7. The van der Waals surface area contributed by atoms with Crippen LogP contribution in [0.2, 0.25) is 0 Å². The second kappa shape index (κ2) is 7.20. The second-order valence-corrected chi connectivity index (χ2v) is 4.18. The normalized spacial score (nSPS) is 10.5. The molecule has 1 aromatic rings. The molecule has 0 radical (unpaired) electrons.